The second-order valence-electron chi connectivity index (χ2n) is 7.12. The fourth-order valence-corrected chi connectivity index (χ4v) is 4.90. The highest BCUT2D eigenvalue weighted by atomic mass is 35.5. The number of rotatable bonds is 5. The third-order valence-corrected chi connectivity index (χ3v) is 6.85. The van der Waals surface area contributed by atoms with Crippen molar-refractivity contribution >= 4 is 40.4 Å². The minimum absolute atomic E-state index is 0.255. The molecule has 0 aliphatic rings. The summed E-state index contributed by atoms with van der Waals surface area (Å²) in [5.41, 5.74) is 3.35. The van der Waals surface area contributed by atoms with Crippen LogP contribution in [0.4, 0.5) is 0 Å². The number of carbonyl (C=O) groups excluding carboxylic acids is 1. The quantitative estimate of drug-likeness (QED) is 0.384. The van der Waals surface area contributed by atoms with Crippen LogP contribution in [0.3, 0.4) is 0 Å². The van der Waals surface area contributed by atoms with Gasteiger partial charge in [-0.05, 0) is 44.5 Å². The predicted molar refractivity (Wildman–Crippen MR) is 126 cm³/mol. The number of carbonyl (C=O) groups is 1. The fraction of sp³-hybridized carbons (Fsp3) is 0.174. The Balaban J connectivity index is 1.74. The molecule has 158 valence electrons. The molecule has 0 saturated heterocycles. The molecule has 5 nitrogen and oxygen atoms in total. The first-order valence-electron chi connectivity index (χ1n) is 9.66. The summed E-state index contributed by atoms with van der Waals surface area (Å²) in [6.45, 7) is 5.72. The largest absolute Gasteiger partial charge is 0.338 e. The first-order valence-corrected chi connectivity index (χ1v) is 11.2. The Kier molecular flexibility index (Phi) is 6.14. The van der Waals surface area contributed by atoms with Crippen LogP contribution in [-0.4, -0.2) is 20.7 Å². The number of thiazole rings is 1. The van der Waals surface area contributed by atoms with E-state index in [-0.39, 0.29) is 11.1 Å². The molecule has 1 amide bonds. The van der Waals surface area contributed by atoms with Gasteiger partial charge in [-0.1, -0.05) is 59.6 Å². The SMILES string of the molecule is Cc1nc(C(NC(=O)c2c(C)nn(-c3ccccc3)c2Cl)c2ccccc2Cl)sc1C. The second kappa shape index (κ2) is 8.83. The summed E-state index contributed by atoms with van der Waals surface area (Å²) in [4.78, 5) is 19.1. The Bertz CT molecular complexity index is 1230. The molecule has 4 aromatic rings. The molecule has 1 unspecified atom stereocenters. The van der Waals surface area contributed by atoms with Gasteiger partial charge in [-0.15, -0.1) is 11.3 Å². The maximum Gasteiger partial charge on any atom is 0.257 e. The number of hydrogen-bond donors (Lipinski definition) is 1. The predicted octanol–water partition coefficient (Wildman–Crippen LogP) is 6.08. The molecule has 0 spiro atoms. The zero-order chi connectivity index (χ0) is 22.1. The van der Waals surface area contributed by atoms with Crippen LogP contribution >= 0.6 is 34.5 Å². The molecule has 2 heterocycles. The molecule has 0 radical (unpaired) electrons. The number of aryl methyl sites for hydroxylation is 3. The number of halogens is 2. The number of para-hydroxylation sites is 1. The maximum atomic E-state index is 13.4. The highest BCUT2D eigenvalue weighted by molar-refractivity contribution is 7.11. The lowest BCUT2D eigenvalue weighted by Crippen LogP contribution is -2.30. The second-order valence-corrected chi connectivity index (χ2v) is 9.12. The van der Waals surface area contributed by atoms with Gasteiger partial charge in [-0.25, -0.2) is 9.67 Å². The van der Waals surface area contributed by atoms with Gasteiger partial charge < -0.3 is 5.32 Å². The molecule has 0 aliphatic heterocycles. The summed E-state index contributed by atoms with van der Waals surface area (Å²) in [6.07, 6.45) is 0. The molecular weight excluding hydrogens is 451 g/mol. The number of aromatic nitrogens is 3. The number of amides is 1. The van der Waals surface area contributed by atoms with Gasteiger partial charge in [0.15, 0.2) is 0 Å². The van der Waals surface area contributed by atoms with Crippen LogP contribution in [0.1, 0.15) is 43.2 Å². The van der Waals surface area contributed by atoms with Crippen molar-refractivity contribution in [2.24, 2.45) is 0 Å². The number of benzene rings is 2. The van der Waals surface area contributed by atoms with Crippen LogP contribution in [0.2, 0.25) is 10.2 Å². The third-order valence-electron chi connectivity index (χ3n) is 5.02. The normalized spacial score (nSPS) is 12.0. The van der Waals surface area contributed by atoms with Gasteiger partial charge in [0.1, 0.15) is 16.2 Å². The highest BCUT2D eigenvalue weighted by Crippen LogP contribution is 2.33. The van der Waals surface area contributed by atoms with Crippen molar-refractivity contribution in [3.63, 3.8) is 0 Å². The van der Waals surface area contributed by atoms with E-state index in [1.165, 1.54) is 11.3 Å². The van der Waals surface area contributed by atoms with Gasteiger partial charge in [0.2, 0.25) is 0 Å². The average Bonchev–Trinajstić information content (AvgIpc) is 3.25. The molecule has 0 saturated carbocycles. The number of nitrogens with one attached hydrogen (secondary N) is 1. The zero-order valence-electron chi connectivity index (χ0n) is 17.2. The van der Waals surface area contributed by atoms with E-state index in [0.29, 0.717) is 16.3 Å². The minimum Gasteiger partial charge on any atom is -0.338 e. The monoisotopic (exact) mass is 470 g/mol. The molecule has 31 heavy (non-hydrogen) atoms. The molecule has 1 atom stereocenters. The van der Waals surface area contributed by atoms with E-state index in [4.69, 9.17) is 23.2 Å². The lowest BCUT2D eigenvalue weighted by Gasteiger charge is -2.18. The van der Waals surface area contributed by atoms with Gasteiger partial charge >= 0.3 is 0 Å². The third kappa shape index (κ3) is 4.24. The standard InChI is InChI=1S/C23H20Cl2N4OS/c1-13-15(3)31-23(26-13)20(17-11-7-8-12-18(17)24)27-22(30)19-14(2)28-29(21(19)25)16-9-5-4-6-10-16/h4-12,20H,1-3H3,(H,27,30). The summed E-state index contributed by atoms with van der Waals surface area (Å²) in [5.74, 6) is -0.333. The first kappa shape index (κ1) is 21.6. The van der Waals surface area contributed by atoms with Gasteiger partial charge in [-0.3, -0.25) is 4.79 Å². The van der Waals surface area contributed by atoms with Gasteiger partial charge in [0.05, 0.1) is 22.6 Å². The van der Waals surface area contributed by atoms with Gasteiger partial charge in [-0.2, -0.15) is 5.10 Å². The van der Waals surface area contributed by atoms with Crippen LogP contribution in [-0.2, 0) is 0 Å². The number of nitrogens with zero attached hydrogens (tertiary/aromatic N) is 3. The van der Waals surface area contributed by atoms with E-state index in [1.54, 1.807) is 17.7 Å². The number of hydrogen-bond acceptors (Lipinski definition) is 4. The van der Waals surface area contributed by atoms with E-state index in [1.807, 2.05) is 62.4 Å². The Hall–Kier alpha value is -2.67. The van der Waals surface area contributed by atoms with Crippen molar-refractivity contribution in [2.75, 3.05) is 0 Å². The van der Waals surface area contributed by atoms with E-state index < -0.39 is 6.04 Å². The first-order chi connectivity index (χ1) is 14.9. The summed E-state index contributed by atoms with van der Waals surface area (Å²) in [6, 6.07) is 16.4. The van der Waals surface area contributed by atoms with Crippen molar-refractivity contribution in [1.29, 1.82) is 0 Å². The summed E-state index contributed by atoms with van der Waals surface area (Å²) >= 11 is 14.6. The van der Waals surface area contributed by atoms with Crippen LogP contribution < -0.4 is 5.32 Å². The Labute approximate surface area is 194 Å². The smallest absolute Gasteiger partial charge is 0.257 e. The van der Waals surface area contributed by atoms with E-state index in [9.17, 15) is 4.79 Å². The molecule has 8 heteroatoms. The summed E-state index contributed by atoms with van der Waals surface area (Å²) in [7, 11) is 0. The summed E-state index contributed by atoms with van der Waals surface area (Å²) in [5, 5.41) is 9.13. The zero-order valence-corrected chi connectivity index (χ0v) is 19.5. The van der Waals surface area contributed by atoms with Crippen LogP contribution in [0.5, 0.6) is 0 Å². The van der Waals surface area contributed by atoms with Crippen molar-refractivity contribution < 1.29 is 4.79 Å². The van der Waals surface area contributed by atoms with Gasteiger partial charge in [0.25, 0.3) is 5.91 Å². The summed E-state index contributed by atoms with van der Waals surface area (Å²) < 4.78 is 1.56. The van der Waals surface area contributed by atoms with Crippen molar-refractivity contribution in [1.82, 2.24) is 20.1 Å². The molecular formula is C23H20Cl2N4OS. The van der Waals surface area contributed by atoms with Crippen molar-refractivity contribution in [3.05, 3.63) is 97.2 Å². The molecule has 1 N–H and O–H groups in total. The average molecular weight is 471 g/mol. The molecule has 4 rings (SSSR count). The fourth-order valence-electron chi connectivity index (χ4n) is 3.30. The molecule has 2 aromatic heterocycles. The van der Waals surface area contributed by atoms with Crippen molar-refractivity contribution in [2.45, 2.75) is 26.8 Å². The maximum absolute atomic E-state index is 13.4. The molecule has 0 fully saturated rings. The van der Waals surface area contributed by atoms with Crippen LogP contribution in [0, 0.1) is 20.8 Å². The Morgan fingerprint density at radius 2 is 1.68 bits per heavy atom. The minimum atomic E-state index is -0.505. The van der Waals surface area contributed by atoms with E-state index in [2.05, 4.69) is 15.4 Å². The topological polar surface area (TPSA) is 59.8 Å². The van der Waals surface area contributed by atoms with Gasteiger partial charge in [0, 0.05) is 9.90 Å². The highest BCUT2D eigenvalue weighted by Gasteiger charge is 2.27. The van der Waals surface area contributed by atoms with Crippen LogP contribution in [0.25, 0.3) is 5.69 Å². The van der Waals surface area contributed by atoms with E-state index >= 15 is 0 Å². The van der Waals surface area contributed by atoms with Crippen molar-refractivity contribution in [3.8, 4) is 5.69 Å². The van der Waals surface area contributed by atoms with E-state index in [0.717, 1.165) is 26.8 Å². The molecule has 0 bridgehead atoms. The molecule has 0 aliphatic carbocycles. The lowest BCUT2D eigenvalue weighted by molar-refractivity contribution is 0.0942. The lowest BCUT2D eigenvalue weighted by atomic mass is 10.1. The Morgan fingerprint density at radius 3 is 2.32 bits per heavy atom. The van der Waals surface area contributed by atoms with Crippen LogP contribution in [0.15, 0.2) is 54.6 Å². The molecule has 2 aromatic carbocycles. The Morgan fingerprint density at radius 1 is 1.00 bits per heavy atom.